The molecule has 0 radical (unpaired) electrons. The van der Waals surface area contributed by atoms with Crippen molar-refractivity contribution >= 4 is 39.3 Å². The molecule has 1 amide bonds. The fourth-order valence-electron chi connectivity index (χ4n) is 2.13. The number of aryl methyl sites for hydroxylation is 1. The molecule has 1 fully saturated rings. The normalized spacial score (nSPS) is 14.3. The molecular formula is C14H13BrClN3O. The maximum absolute atomic E-state index is 12.4. The third kappa shape index (κ3) is 2.74. The standard InChI is InChI=1S/C14H13BrClN3O/c1-8-4-9(15)6-17-13(8)18-14(20)12-5-10(16)7-19(12)11-2-3-11/h4-7,11H,2-3H2,1H3,(H,17,18,20). The van der Waals surface area contributed by atoms with Crippen molar-refractivity contribution < 1.29 is 4.79 Å². The van der Waals surface area contributed by atoms with Crippen molar-refractivity contribution in [3.8, 4) is 0 Å². The molecule has 0 atom stereocenters. The van der Waals surface area contributed by atoms with Crippen molar-refractivity contribution in [3.05, 3.63) is 45.3 Å². The fourth-order valence-corrected chi connectivity index (χ4v) is 2.78. The first kappa shape index (κ1) is 13.6. The second-order valence-corrected chi connectivity index (χ2v) is 6.31. The highest BCUT2D eigenvalue weighted by Crippen LogP contribution is 2.37. The maximum Gasteiger partial charge on any atom is 0.273 e. The molecule has 2 aromatic rings. The van der Waals surface area contributed by atoms with Crippen LogP contribution >= 0.6 is 27.5 Å². The van der Waals surface area contributed by atoms with Gasteiger partial charge in [-0.3, -0.25) is 4.79 Å². The number of pyridine rings is 1. The summed E-state index contributed by atoms with van der Waals surface area (Å²) in [5.74, 6) is 0.389. The summed E-state index contributed by atoms with van der Waals surface area (Å²) >= 11 is 9.37. The van der Waals surface area contributed by atoms with E-state index in [4.69, 9.17) is 11.6 Å². The lowest BCUT2D eigenvalue weighted by atomic mass is 10.3. The summed E-state index contributed by atoms with van der Waals surface area (Å²) in [7, 11) is 0. The predicted octanol–water partition coefficient (Wildman–Crippen LogP) is 4.19. The lowest BCUT2D eigenvalue weighted by Crippen LogP contribution is -2.17. The molecule has 0 unspecified atom stereocenters. The first-order valence-electron chi connectivity index (χ1n) is 6.35. The minimum atomic E-state index is -0.179. The third-order valence-electron chi connectivity index (χ3n) is 3.26. The van der Waals surface area contributed by atoms with Crippen LogP contribution in [0.2, 0.25) is 5.02 Å². The topological polar surface area (TPSA) is 46.9 Å². The molecule has 1 aliphatic carbocycles. The highest BCUT2D eigenvalue weighted by molar-refractivity contribution is 9.10. The molecule has 0 aliphatic heterocycles. The first-order valence-corrected chi connectivity index (χ1v) is 7.52. The lowest BCUT2D eigenvalue weighted by molar-refractivity contribution is 0.101. The van der Waals surface area contributed by atoms with Gasteiger partial charge in [0.25, 0.3) is 5.91 Å². The van der Waals surface area contributed by atoms with Crippen molar-refractivity contribution in [3.63, 3.8) is 0 Å². The lowest BCUT2D eigenvalue weighted by Gasteiger charge is -2.10. The van der Waals surface area contributed by atoms with E-state index in [-0.39, 0.29) is 5.91 Å². The molecule has 6 heteroatoms. The van der Waals surface area contributed by atoms with Crippen molar-refractivity contribution in [1.82, 2.24) is 9.55 Å². The second-order valence-electron chi connectivity index (χ2n) is 4.96. The van der Waals surface area contributed by atoms with Gasteiger partial charge in [0, 0.05) is 22.9 Å². The summed E-state index contributed by atoms with van der Waals surface area (Å²) in [6.07, 6.45) is 5.67. The van der Waals surface area contributed by atoms with Gasteiger partial charge in [-0.15, -0.1) is 0 Å². The minimum Gasteiger partial charge on any atom is -0.339 e. The number of rotatable bonds is 3. The van der Waals surface area contributed by atoms with Gasteiger partial charge in [0.15, 0.2) is 0 Å². The first-order chi connectivity index (χ1) is 9.54. The van der Waals surface area contributed by atoms with E-state index in [1.807, 2.05) is 23.8 Å². The number of amides is 1. The van der Waals surface area contributed by atoms with Crippen LogP contribution < -0.4 is 5.32 Å². The average Bonchev–Trinajstić information content (AvgIpc) is 3.16. The van der Waals surface area contributed by atoms with Gasteiger partial charge in [-0.1, -0.05) is 11.6 Å². The number of aromatic nitrogens is 2. The monoisotopic (exact) mass is 353 g/mol. The summed E-state index contributed by atoms with van der Waals surface area (Å²) in [6, 6.07) is 4.01. The van der Waals surface area contributed by atoms with E-state index in [0.29, 0.717) is 22.6 Å². The third-order valence-corrected chi connectivity index (χ3v) is 3.91. The SMILES string of the molecule is Cc1cc(Br)cnc1NC(=O)c1cc(Cl)cn1C1CC1. The largest absolute Gasteiger partial charge is 0.339 e. The Kier molecular flexibility index (Phi) is 3.56. The van der Waals surface area contributed by atoms with E-state index in [9.17, 15) is 4.79 Å². The van der Waals surface area contributed by atoms with E-state index < -0.39 is 0 Å². The van der Waals surface area contributed by atoms with Crippen molar-refractivity contribution in [1.29, 1.82) is 0 Å². The van der Waals surface area contributed by atoms with E-state index in [1.54, 1.807) is 12.3 Å². The molecule has 0 bridgehead atoms. The maximum atomic E-state index is 12.4. The van der Waals surface area contributed by atoms with E-state index in [0.717, 1.165) is 22.9 Å². The van der Waals surface area contributed by atoms with Crippen LogP contribution in [0.25, 0.3) is 0 Å². The van der Waals surface area contributed by atoms with Crippen LogP contribution in [0.4, 0.5) is 5.82 Å². The van der Waals surface area contributed by atoms with Gasteiger partial charge in [-0.05, 0) is 53.4 Å². The molecule has 0 saturated heterocycles. The molecule has 0 aromatic carbocycles. The van der Waals surface area contributed by atoms with E-state index >= 15 is 0 Å². The fraction of sp³-hybridized carbons (Fsp3) is 0.286. The number of hydrogen-bond acceptors (Lipinski definition) is 2. The molecule has 1 N–H and O–H groups in total. The van der Waals surface area contributed by atoms with E-state index in [1.165, 1.54) is 0 Å². The Bertz CT molecular complexity index is 679. The van der Waals surface area contributed by atoms with Crippen molar-refractivity contribution in [2.45, 2.75) is 25.8 Å². The van der Waals surface area contributed by atoms with Crippen LogP contribution in [-0.4, -0.2) is 15.5 Å². The zero-order chi connectivity index (χ0) is 14.3. The molecule has 0 spiro atoms. The summed E-state index contributed by atoms with van der Waals surface area (Å²) in [4.78, 5) is 16.6. The van der Waals surface area contributed by atoms with Crippen LogP contribution in [0.5, 0.6) is 0 Å². The molecular weight excluding hydrogens is 342 g/mol. The zero-order valence-corrected chi connectivity index (χ0v) is 13.2. The quantitative estimate of drug-likeness (QED) is 0.898. The molecule has 1 aliphatic rings. The van der Waals surface area contributed by atoms with Crippen LogP contribution in [0.1, 0.15) is 34.9 Å². The summed E-state index contributed by atoms with van der Waals surface area (Å²) in [6.45, 7) is 1.90. The Morgan fingerprint density at radius 2 is 2.25 bits per heavy atom. The number of carbonyl (C=O) groups excluding carboxylic acids is 1. The Morgan fingerprint density at radius 1 is 1.50 bits per heavy atom. The van der Waals surface area contributed by atoms with Gasteiger partial charge >= 0.3 is 0 Å². The average molecular weight is 355 g/mol. The number of hydrogen-bond donors (Lipinski definition) is 1. The number of nitrogens with one attached hydrogen (secondary N) is 1. The second kappa shape index (κ2) is 5.22. The molecule has 20 heavy (non-hydrogen) atoms. The van der Waals surface area contributed by atoms with Gasteiger partial charge in [0.1, 0.15) is 11.5 Å². The Labute approximate surface area is 130 Å². The highest BCUT2D eigenvalue weighted by Gasteiger charge is 2.28. The van der Waals surface area contributed by atoms with Crippen LogP contribution in [-0.2, 0) is 0 Å². The molecule has 2 heterocycles. The number of carbonyl (C=O) groups is 1. The predicted molar refractivity (Wildman–Crippen MR) is 82.3 cm³/mol. The molecule has 1 saturated carbocycles. The number of anilines is 1. The number of halogens is 2. The van der Waals surface area contributed by atoms with Crippen LogP contribution in [0.3, 0.4) is 0 Å². The molecule has 104 valence electrons. The summed E-state index contributed by atoms with van der Waals surface area (Å²) in [5, 5.41) is 3.43. The summed E-state index contributed by atoms with van der Waals surface area (Å²) < 4.78 is 2.84. The molecule has 2 aromatic heterocycles. The molecule has 3 rings (SSSR count). The smallest absolute Gasteiger partial charge is 0.273 e. The van der Waals surface area contributed by atoms with E-state index in [2.05, 4.69) is 26.2 Å². The van der Waals surface area contributed by atoms with Gasteiger partial charge in [-0.2, -0.15) is 0 Å². The Morgan fingerprint density at radius 3 is 2.90 bits per heavy atom. The van der Waals surface area contributed by atoms with Crippen LogP contribution in [0.15, 0.2) is 29.0 Å². The summed E-state index contributed by atoms with van der Waals surface area (Å²) in [5.41, 5.74) is 1.49. The minimum absolute atomic E-state index is 0.179. The highest BCUT2D eigenvalue weighted by atomic mass is 79.9. The van der Waals surface area contributed by atoms with Crippen LogP contribution in [0, 0.1) is 6.92 Å². The Hall–Kier alpha value is -1.33. The van der Waals surface area contributed by atoms with Gasteiger partial charge in [-0.25, -0.2) is 4.98 Å². The Balaban J connectivity index is 1.86. The van der Waals surface area contributed by atoms with Gasteiger partial charge in [0.2, 0.25) is 0 Å². The zero-order valence-electron chi connectivity index (χ0n) is 10.9. The van der Waals surface area contributed by atoms with Gasteiger partial charge < -0.3 is 9.88 Å². The van der Waals surface area contributed by atoms with Gasteiger partial charge in [0.05, 0.1) is 5.02 Å². The van der Waals surface area contributed by atoms with Crippen molar-refractivity contribution in [2.75, 3.05) is 5.32 Å². The number of nitrogens with zero attached hydrogens (tertiary/aromatic N) is 2. The molecule has 4 nitrogen and oxygen atoms in total. The van der Waals surface area contributed by atoms with Crippen molar-refractivity contribution in [2.24, 2.45) is 0 Å².